The van der Waals surface area contributed by atoms with E-state index in [-0.39, 0.29) is 28.3 Å². The number of alkyl halides is 5. The predicted octanol–water partition coefficient (Wildman–Crippen LogP) is 3.95. The Bertz CT molecular complexity index is 1030. The Kier molecular flexibility index (Phi) is 4.02. The number of fused-ring (bicyclic) bond motifs is 1. The van der Waals surface area contributed by atoms with E-state index in [1.165, 1.54) is 18.3 Å². The van der Waals surface area contributed by atoms with Crippen LogP contribution in [0.15, 0.2) is 30.9 Å². The average Bonchev–Trinajstić information content (AvgIpc) is 3.36. The second-order valence-corrected chi connectivity index (χ2v) is 6.70. The molecule has 1 aliphatic carbocycles. The molecule has 0 saturated heterocycles. The first-order chi connectivity index (χ1) is 13.1. The number of pyridine rings is 2. The van der Waals surface area contributed by atoms with Crippen LogP contribution in [0.2, 0.25) is 0 Å². The summed E-state index contributed by atoms with van der Waals surface area (Å²) >= 11 is 0. The molecule has 0 radical (unpaired) electrons. The van der Waals surface area contributed by atoms with Gasteiger partial charge in [0, 0.05) is 5.56 Å². The molecule has 1 saturated carbocycles. The lowest BCUT2D eigenvalue weighted by atomic mass is 10.1. The first-order valence-electron chi connectivity index (χ1n) is 8.25. The van der Waals surface area contributed by atoms with E-state index in [4.69, 9.17) is 0 Å². The fourth-order valence-electron chi connectivity index (χ4n) is 2.95. The van der Waals surface area contributed by atoms with E-state index in [1.54, 1.807) is 0 Å². The van der Waals surface area contributed by atoms with Crippen LogP contribution >= 0.6 is 0 Å². The Balaban J connectivity index is 1.71. The molecule has 0 aromatic carbocycles. The number of rotatable bonds is 4. The molecule has 0 amide bonds. The van der Waals surface area contributed by atoms with Gasteiger partial charge < -0.3 is 9.77 Å². The molecule has 0 aliphatic heterocycles. The van der Waals surface area contributed by atoms with Crippen molar-refractivity contribution in [1.29, 1.82) is 0 Å². The number of imidazole rings is 1. The summed E-state index contributed by atoms with van der Waals surface area (Å²) in [4.78, 5) is 7.64. The Hall–Kier alpha value is -2.85. The summed E-state index contributed by atoms with van der Waals surface area (Å²) in [6.45, 7) is -1.67. The molecular formula is C17H12F6N4O. The molecule has 148 valence electrons. The zero-order valence-corrected chi connectivity index (χ0v) is 14.1. The van der Waals surface area contributed by atoms with Gasteiger partial charge in [-0.2, -0.15) is 31.1 Å². The highest BCUT2D eigenvalue weighted by Crippen LogP contribution is 2.40. The van der Waals surface area contributed by atoms with Gasteiger partial charge in [0.15, 0.2) is 12.0 Å². The minimum absolute atomic E-state index is 0.00800. The van der Waals surface area contributed by atoms with Crippen LogP contribution in [-0.2, 0) is 6.54 Å². The van der Waals surface area contributed by atoms with Crippen LogP contribution in [0.3, 0.4) is 0 Å². The van der Waals surface area contributed by atoms with Crippen molar-refractivity contribution >= 4 is 11.0 Å². The van der Waals surface area contributed by atoms with Crippen LogP contribution in [0.1, 0.15) is 24.3 Å². The minimum atomic E-state index is -5.71. The van der Waals surface area contributed by atoms with Gasteiger partial charge in [-0.25, -0.2) is 9.97 Å². The Morgan fingerprint density at radius 2 is 1.86 bits per heavy atom. The maximum atomic E-state index is 14.4. The Labute approximate surface area is 153 Å². The summed E-state index contributed by atoms with van der Waals surface area (Å²) in [6, 6.07) is 2.41. The molecule has 0 bridgehead atoms. The quantitative estimate of drug-likeness (QED) is 0.377. The highest BCUT2D eigenvalue weighted by Gasteiger charge is 2.57. The maximum Gasteiger partial charge on any atom is 0.455 e. The van der Waals surface area contributed by atoms with Gasteiger partial charge in [-0.3, -0.25) is 0 Å². The van der Waals surface area contributed by atoms with Crippen molar-refractivity contribution < 1.29 is 31.1 Å². The monoisotopic (exact) mass is 402 g/mol. The van der Waals surface area contributed by atoms with E-state index in [1.807, 2.05) is 0 Å². The number of nitrogens with zero attached hydrogens (tertiary/aromatic N) is 4. The van der Waals surface area contributed by atoms with Crippen molar-refractivity contribution in [3.63, 3.8) is 0 Å². The van der Waals surface area contributed by atoms with Crippen LogP contribution in [0.5, 0.6) is 0 Å². The lowest BCUT2D eigenvalue weighted by molar-refractivity contribution is -0.595. The normalized spacial score (nSPS) is 15.4. The van der Waals surface area contributed by atoms with Crippen molar-refractivity contribution in [1.82, 2.24) is 14.5 Å². The topological polar surface area (TPSA) is 57.6 Å². The fourth-order valence-corrected chi connectivity index (χ4v) is 2.95. The SMILES string of the molecule is [O-][n+]1cc(C2CC2)cc(F)c1-c1cc2ncn(CC(F)(F)C(F)(F)F)c2cn1. The minimum Gasteiger partial charge on any atom is -0.618 e. The van der Waals surface area contributed by atoms with Gasteiger partial charge >= 0.3 is 12.1 Å². The second-order valence-electron chi connectivity index (χ2n) is 6.70. The third kappa shape index (κ3) is 3.14. The lowest BCUT2D eigenvalue weighted by Crippen LogP contribution is -2.40. The maximum absolute atomic E-state index is 14.4. The lowest BCUT2D eigenvalue weighted by Gasteiger charge is -2.20. The van der Waals surface area contributed by atoms with Crippen molar-refractivity contribution in [2.24, 2.45) is 0 Å². The highest BCUT2D eigenvalue weighted by molar-refractivity contribution is 5.78. The largest absolute Gasteiger partial charge is 0.618 e. The zero-order valence-electron chi connectivity index (χ0n) is 14.1. The fraction of sp³-hybridized carbons (Fsp3) is 0.353. The van der Waals surface area contributed by atoms with Crippen LogP contribution < -0.4 is 4.73 Å². The van der Waals surface area contributed by atoms with Crippen LogP contribution in [0.25, 0.3) is 22.4 Å². The van der Waals surface area contributed by atoms with Crippen molar-refractivity contribution in [2.45, 2.75) is 37.4 Å². The summed E-state index contributed by atoms with van der Waals surface area (Å²) in [5.74, 6) is -5.60. The first-order valence-corrected chi connectivity index (χ1v) is 8.25. The molecule has 5 nitrogen and oxygen atoms in total. The molecule has 4 rings (SSSR count). The average molecular weight is 402 g/mol. The molecule has 3 heterocycles. The number of hydrogen-bond acceptors (Lipinski definition) is 3. The molecule has 28 heavy (non-hydrogen) atoms. The molecular weight excluding hydrogens is 390 g/mol. The molecule has 0 unspecified atom stereocenters. The second kappa shape index (κ2) is 6.08. The molecule has 0 spiro atoms. The highest BCUT2D eigenvalue weighted by atomic mass is 19.4. The van der Waals surface area contributed by atoms with Crippen LogP contribution in [0.4, 0.5) is 26.3 Å². The van der Waals surface area contributed by atoms with Gasteiger partial charge in [0.25, 0.3) is 5.69 Å². The Morgan fingerprint density at radius 1 is 1.14 bits per heavy atom. The zero-order chi connectivity index (χ0) is 20.3. The van der Waals surface area contributed by atoms with E-state index >= 15 is 0 Å². The molecule has 3 aromatic rings. The van der Waals surface area contributed by atoms with E-state index in [9.17, 15) is 31.5 Å². The molecule has 0 atom stereocenters. The first kappa shape index (κ1) is 18.5. The van der Waals surface area contributed by atoms with E-state index < -0.39 is 24.5 Å². The van der Waals surface area contributed by atoms with Crippen LogP contribution in [0, 0.1) is 11.0 Å². The van der Waals surface area contributed by atoms with Crippen LogP contribution in [-0.4, -0.2) is 26.6 Å². The summed E-state index contributed by atoms with van der Waals surface area (Å²) in [5.41, 5.74) is 0.0152. The Morgan fingerprint density at radius 3 is 2.46 bits per heavy atom. The molecule has 0 N–H and O–H groups in total. The van der Waals surface area contributed by atoms with Gasteiger partial charge in [0.05, 0.1) is 30.1 Å². The number of hydrogen-bond donors (Lipinski definition) is 0. The smallest absolute Gasteiger partial charge is 0.455 e. The third-order valence-corrected chi connectivity index (χ3v) is 4.59. The van der Waals surface area contributed by atoms with Gasteiger partial charge in [-0.15, -0.1) is 0 Å². The predicted molar refractivity (Wildman–Crippen MR) is 84.9 cm³/mol. The summed E-state index contributed by atoms with van der Waals surface area (Å²) in [5, 5.41) is 12.2. The van der Waals surface area contributed by atoms with Gasteiger partial charge in [-0.05, 0) is 30.9 Å². The van der Waals surface area contributed by atoms with Gasteiger partial charge in [-0.1, -0.05) is 0 Å². The van der Waals surface area contributed by atoms with Crippen molar-refractivity contribution in [2.75, 3.05) is 0 Å². The van der Waals surface area contributed by atoms with E-state index in [0.717, 1.165) is 25.4 Å². The number of halogens is 6. The summed E-state index contributed by atoms with van der Waals surface area (Å²) < 4.78 is 79.2. The molecule has 1 fully saturated rings. The van der Waals surface area contributed by atoms with Gasteiger partial charge in [0.1, 0.15) is 5.69 Å². The summed E-state index contributed by atoms with van der Waals surface area (Å²) in [6.07, 6.45) is -0.903. The van der Waals surface area contributed by atoms with Crippen molar-refractivity contribution in [3.05, 3.63) is 47.4 Å². The molecule has 11 heteroatoms. The van der Waals surface area contributed by atoms with E-state index in [2.05, 4.69) is 9.97 Å². The summed E-state index contributed by atoms with van der Waals surface area (Å²) in [7, 11) is 0. The van der Waals surface area contributed by atoms with E-state index in [0.29, 0.717) is 14.9 Å². The molecule has 3 aromatic heterocycles. The molecule has 1 aliphatic rings. The van der Waals surface area contributed by atoms with Crippen molar-refractivity contribution in [3.8, 4) is 11.4 Å². The number of aromatic nitrogens is 4. The van der Waals surface area contributed by atoms with Gasteiger partial charge in [0.2, 0.25) is 0 Å². The third-order valence-electron chi connectivity index (χ3n) is 4.59. The standard InChI is InChI=1S/C17H12F6N4O/c18-11-3-10(9-1-2-9)6-27(28)15(11)13-4-12-14(5-24-13)26(8-25-12)7-16(19,20)17(21,22)23/h3-6,8-9H,1-2,7H2.